The van der Waals surface area contributed by atoms with E-state index < -0.39 is 12.3 Å². The van der Waals surface area contributed by atoms with E-state index in [-0.39, 0.29) is 18.2 Å². The summed E-state index contributed by atoms with van der Waals surface area (Å²) in [6.45, 7) is 3.74. The standard InChI is InChI=1S/C17H22BrF2NO/c1-10-7-14(18)8-11(2)16(10)21-15(22)9-12-3-5-13(6-4-12)17(19)20/h7-8,12-13,17H,3-6,9H2,1-2H3,(H,21,22)/i/hD. The molecule has 1 aliphatic carbocycles. The first kappa shape index (κ1) is 15.9. The second-order valence-corrected chi connectivity index (χ2v) is 7.13. The van der Waals surface area contributed by atoms with Gasteiger partial charge in [0.05, 0.1) is 0 Å². The molecule has 22 heavy (non-hydrogen) atoms. The van der Waals surface area contributed by atoms with Crippen molar-refractivity contribution in [3.05, 3.63) is 27.7 Å². The average molecular weight is 375 g/mol. The molecule has 1 amide bonds. The zero-order valence-electron chi connectivity index (χ0n) is 13.9. The van der Waals surface area contributed by atoms with E-state index in [4.69, 9.17) is 1.41 Å². The number of aryl methyl sites for hydroxylation is 2. The number of hydrogen-bond donors (Lipinski definition) is 1. The van der Waals surface area contributed by atoms with E-state index in [1.54, 1.807) is 0 Å². The van der Waals surface area contributed by atoms with Crippen molar-refractivity contribution in [2.75, 3.05) is 5.31 Å². The molecule has 1 fully saturated rings. The van der Waals surface area contributed by atoms with Crippen LogP contribution in [-0.4, -0.2) is 12.3 Å². The summed E-state index contributed by atoms with van der Waals surface area (Å²) < 4.78 is 34.4. The van der Waals surface area contributed by atoms with Crippen molar-refractivity contribution in [1.29, 1.82) is 0 Å². The molecule has 2 rings (SSSR count). The van der Waals surface area contributed by atoms with Gasteiger partial charge in [-0.05, 0) is 68.7 Å². The molecule has 2 nitrogen and oxygen atoms in total. The van der Waals surface area contributed by atoms with Crippen LogP contribution in [0.15, 0.2) is 16.6 Å². The highest BCUT2D eigenvalue weighted by Crippen LogP contribution is 2.34. The number of amides is 1. The Morgan fingerprint density at radius 3 is 2.36 bits per heavy atom. The van der Waals surface area contributed by atoms with Crippen molar-refractivity contribution < 1.29 is 15.0 Å². The molecule has 0 radical (unpaired) electrons. The van der Waals surface area contributed by atoms with E-state index in [0.29, 0.717) is 31.4 Å². The highest BCUT2D eigenvalue weighted by atomic mass is 79.9. The molecule has 5 heteroatoms. The van der Waals surface area contributed by atoms with Gasteiger partial charge in [-0.15, -0.1) is 0 Å². The van der Waals surface area contributed by atoms with E-state index in [2.05, 4.69) is 15.9 Å². The normalized spacial score (nSPS) is 22.5. The van der Waals surface area contributed by atoms with Crippen LogP contribution in [0, 0.1) is 25.7 Å². The molecule has 1 N–H and O–H groups in total. The third kappa shape index (κ3) is 4.51. The summed E-state index contributed by atoms with van der Waals surface area (Å²) >= 11 is 3.40. The second-order valence-electron chi connectivity index (χ2n) is 6.21. The molecular formula is C17H22BrF2NO. The Labute approximate surface area is 140 Å². The molecule has 1 saturated carbocycles. The van der Waals surface area contributed by atoms with Crippen molar-refractivity contribution in [3.63, 3.8) is 0 Å². The fourth-order valence-corrected chi connectivity index (χ4v) is 3.83. The van der Waals surface area contributed by atoms with Crippen molar-refractivity contribution >= 4 is 27.5 Å². The van der Waals surface area contributed by atoms with Crippen molar-refractivity contribution in [2.24, 2.45) is 11.8 Å². The Morgan fingerprint density at radius 2 is 1.86 bits per heavy atom. The van der Waals surface area contributed by atoms with Gasteiger partial charge in [0.2, 0.25) is 12.3 Å². The number of anilines is 1. The molecule has 0 bridgehead atoms. The molecule has 1 aromatic rings. The third-order valence-corrected chi connectivity index (χ3v) is 4.86. The van der Waals surface area contributed by atoms with Gasteiger partial charge in [0.15, 0.2) is 1.41 Å². The summed E-state index contributed by atoms with van der Waals surface area (Å²) in [5.74, 6) is -0.676. The lowest BCUT2D eigenvalue weighted by Crippen LogP contribution is -2.24. The topological polar surface area (TPSA) is 29.1 Å². The fraction of sp³-hybridized carbons (Fsp3) is 0.588. The van der Waals surface area contributed by atoms with Gasteiger partial charge in [0.25, 0.3) is 0 Å². The minimum Gasteiger partial charge on any atom is -0.326 e. The molecule has 0 aromatic heterocycles. The molecule has 122 valence electrons. The van der Waals surface area contributed by atoms with Gasteiger partial charge in [-0.1, -0.05) is 15.9 Å². The highest BCUT2D eigenvalue weighted by Gasteiger charge is 2.28. The maximum atomic E-state index is 12.7. The predicted molar refractivity (Wildman–Crippen MR) is 88.3 cm³/mol. The van der Waals surface area contributed by atoms with Gasteiger partial charge in [-0.2, -0.15) is 0 Å². The minimum absolute atomic E-state index is 0.112. The number of rotatable bonds is 4. The van der Waals surface area contributed by atoms with Crippen LogP contribution in [0.25, 0.3) is 0 Å². The van der Waals surface area contributed by atoms with Crippen molar-refractivity contribution in [3.8, 4) is 0 Å². The molecule has 0 aliphatic heterocycles. The molecule has 0 spiro atoms. The van der Waals surface area contributed by atoms with E-state index in [0.717, 1.165) is 20.9 Å². The maximum Gasteiger partial charge on any atom is 0.241 e. The molecule has 0 saturated heterocycles. The number of carbonyl (C=O) groups is 1. The zero-order chi connectivity index (χ0) is 17.1. The number of hydrogen-bond acceptors (Lipinski definition) is 1. The first-order valence-corrected chi connectivity index (χ1v) is 8.45. The van der Waals surface area contributed by atoms with Gasteiger partial charge < -0.3 is 5.31 Å². The molecular weight excluding hydrogens is 352 g/mol. The van der Waals surface area contributed by atoms with Gasteiger partial charge in [-0.25, -0.2) is 8.78 Å². The molecule has 0 unspecified atom stereocenters. The predicted octanol–water partition coefficient (Wildman–Crippen LogP) is 5.47. The Bertz CT molecular complexity index is 551. The summed E-state index contributed by atoms with van der Waals surface area (Å²) in [5, 5.41) is 0.969. The van der Waals surface area contributed by atoms with Crippen molar-refractivity contribution in [2.45, 2.75) is 52.4 Å². The first-order valence-electron chi connectivity index (χ1n) is 8.11. The first-order chi connectivity index (χ1) is 10.8. The van der Waals surface area contributed by atoms with Crippen LogP contribution >= 0.6 is 15.9 Å². The van der Waals surface area contributed by atoms with Gasteiger partial charge in [-0.3, -0.25) is 4.79 Å². The van der Waals surface area contributed by atoms with Crippen LogP contribution in [-0.2, 0) is 4.79 Å². The van der Waals surface area contributed by atoms with Crippen LogP contribution in [0.4, 0.5) is 14.5 Å². The monoisotopic (exact) mass is 374 g/mol. The molecule has 1 aliphatic rings. The van der Waals surface area contributed by atoms with Crippen LogP contribution in [0.5, 0.6) is 0 Å². The van der Waals surface area contributed by atoms with Gasteiger partial charge in [0.1, 0.15) is 0 Å². The highest BCUT2D eigenvalue weighted by molar-refractivity contribution is 9.10. The minimum atomic E-state index is -2.26. The van der Waals surface area contributed by atoms with Crippen LogP contribution in [0.1, 0.15) is 43.2 Å². The Balaban J connectivity index is 1.99. The largest absolute Gasteiger partial charge is 0.326 e. The number of carbonyl (C=O) groups excluding carboxylic acids is 1. The molecule has 0 atom stereocenters. The Kier molecular flexibility index (Phi) is 5.45. The van der Waals surface area contributed by atoms with Crippen LogP contribution in [0.2, 0.25) is 1.41 Å². The van der Waals surface area contributed by atoms with Gasteiger partial charge >= 0.3 is 0 Å². The zero-order valence-corrected chi connectivity index (χ0v) is 14.5. The van der Waals surface area contributed by atoms with Gasteiger partial charge in [0, 0.05) is 22.5 Å². The SMILES string of the molecule is [2H]N(C(=O)CC1CCC(C(F)F)CC1)c1c(C)cc(Br)cc1C. The molecule has 0 heterocycles. The molecule has 1 aromatic carbocycles. The summed E-state index contributed by atoms with van der Waals surface area (Å²) in [5.41, 5.74) is 2.34. The lowest BCUT2D eigenvalue weighted by Gasteiger charge is -2.27. The van der Waals surface area contributed by atoms with Crippen LogP contribution in [0.3, 0.4) is 0 Å². The quantitative estimate of drug-likeness (QED) is 0.743. The summed E-state index contributed by atoms with van der Waals surface area (Å²) in [6, 6.07) is 3.76. The maximum absolute atomic E-state index is 12.7. The smallest absolute Gasteiger partial charge is 0.241 e. The number of benzene rings is 1. The fourth-order valence-electron chi connectivity index (χ4n) is 3.14. The lowest BCUT2D eigenvalue weighted by molar-refractivity contribution is -0.117. The second kappa shape index (κ2) is 7.53. The number of halogens is 3. The summed E-state index contributed by atoms with van der Waals surface area (Å²) in [7, 11) is 0. The number of nitrogens with one attached hydrogen (secondary N) is 1. The van der Waals surface area contributed by atoms with E-state index >= 15 is 0 Å². The van der Waals surface area contributed by atoms with E-state index in [9.17, 15) is 13.6 Å². The van der Waals surface area contributed by atoms with Crippen LogP contribution < -0.4 is 5.31 Å². The Hall–Kier alpha value is -0.970. The lowest BCUT2D eigenvalue weighted by atomic mass is 9.80. The Morgan fingerprint density at radius 1 is 1.32 bits per heavy atom. The van der Waals surface area contributed by atoms with E-state index in [1.807, 2.05) is 26.0 Å². The number of alkyl halides is 2. The summed E-state index contributed by atoms with van der Waals surface area (Å²) in [4.78, 5) is 12.4. The van der Waals surface area contributed by atoms with E-state index in [1.165, 1.54) is 0 Å². The third-order valence-electron chi connectivity index (χ3n) is 4.40. The summed E-state index contributed by atoms with van der Waals surface area (Å²) in [6.07, 6.45) is 0.245. The van der Waals surface area contributed by atoms with Crippen molar-refractivity contribution in [1.82, 2.24) is 0 Å². The average Bonchev–Trinajstić information content (AvgIpc) is 2.46.